The summed E-state index contributed by atoms with van der Waals surface area (Å²) in [7, 11) is 0. The van der Waals surface area contributed by atoms with Gasteiger partial charge in [-0.3, -0.25) is 4.90 Å². The van der Waals surface area contributed by atoms with Crippen molar-refractivity contribution >= 4 is 0 Å². The maximum absolute atomic E-state index is 6.09. The number of nitrogens with zero attached hydrogens (tertiary/aromatic N) is 3. The van der Waals surface area contributed by atoms with Crippen LogP contribution in [-0.4, -0.2) is 86.3 Å². The Labute approximate surface area is 178 Å². The van der Waals surface area contributed by atoms with Crippen molar-refractivity contribution in [1.29, 1.82) is 0 Å². The van der Waals surface area contributed by atoms with Crippen LogP contribution in [0.2, 0.25) is 0 Å². The zero-order valence-electron chi connectivity index (χ0n) is 18.3. The molecule has 3 fully saturated rings. The molecule has 3 saturated heterocycles. The summed E-state index contributed by atoms with van der Waals surface area (Å²) >= 11 is 0. The molecule has 0 bridgehead atoms. The molecule has 0 unspecified atom stereocenters. The number of rotatable bonds is 9. The molecule has 3 aliphatic rings. The minimum atomic E-state index is 0.747. The van der Waals surface area contributed by atoms with Crippen LogP contribution in [0.3, 0.4) is 0 Å². The van der Waals surface area contributed by atoms with E-state index in [-0.39, 0.29) is 0 Å². The van der Waals surface area contributed by atoms with E-state index in [0.29, 0.717) is 0 Å². The van der Waals surface area contributed by atoms with Crippen LogP contribution in [-0.2, 0) is 11.2 Å². The van der Waals surface area contributed by atoms with E-state index in [1.165, 1.54) is 103 Å². The summed E-state index contributed by atoms with van der Waals surface area (Å²) in [6.07, 6.45) is 9.30. The highest BCUT2D eigenvalue weighted by Crippen LogP contribution is 2.25. The molecule has 3 heterocycles. The van der Waals surface area contributed by atoms with E-state index in [9.17, 15) is 0 Å². The topological polar surface area (TPSA) is 19.0 Å². The zero-order valence-corrected chi connectivity index (χ0v) is 18.3. The van der Waals surface area contributed by atoms with Crippen molar-refractivity contribution in [2.24, 2.45) is 5.92 Å². The minimum absolute atomic E-state index is 0.747. The summed E-state index contributed by atoms with van der Waals surface area (Å²) < 4.78 is 6.09. The molecule has 4 nitrogen and oxygen atoms in total. The molecule has 162 valence electrons. The van der Waals surface area contributed by atoms with Crippen LogP contribution in [0.1, 0.15) is 44.1 Å². The smallest absolute Gasteiger partial charge is 0.0506 e. The van der Waals surface area contributed by atoms with E-state index in [1.807, 2.05) is 0 Å². The fraction of sp³-hybridized carbons (Fsp3) is 0.760. The second kappa shape index (κ2) is 11.5. The summed E-state index contributed by atoms with van der Waals surface area (Å²) in [5.74, 6) is 0.747. The van der Waals surface area contributed by atoms with Crippen LogP contribution in [0.4, 0.5) is 0 Å². The summed E-state index contributed by atoms with van der Waals surface area (Å²) in [5.41, 5.74) is 1.47. The monoisotopic (exact) mass is 399 g/mol. The predicted molar refractivity (Wildman–Crippen MR) is 120 cm³/mol. The van der Waals surface area contributed by atoms with Crippen molar-refractivity contribution in [2.75, 3.05) is 65.6 Å². The number of hydrogen-bond acceptors (Lipinski definition) is 4. The quantitative estimate of drug-likeness (QED) is 0.592. The molecule has 0 aromatic heterocycles. The maximum Gasteiger partial charge on any atom is 0.0506 e. The first-order valence-corrected chi connectivity index (χ1v) is 12.2. The van der Waals surface area contributed by atoms with E-state index < -0.39 is 0 Å². The second-order valence-electron chi connectivity index (χ2n) is 9.46. The highest BCUT2D eigenvalue weighted by atomic mass is 16.5. The summed E-state index contributed by atoms with van der Waals surface area (Å²) in [5, 5.41) is 0. The molecular formula is C25H41N3O. The van der Waals surface area contributed by atoms with Crippen LogP contribution in [0.15, 0.2) is 30.3 Å². The molecule has 29 heavy (non-hydrogen) atoms. The normalized spacial score (nSPS) is 27.0. The molecule has 0 aliphatic carbocycles. The van der Waals surface area contributed by atoms with Crippen molar-refractivity contribution in [1.82, 2.24) is 14.7 Å². The maximum atomic E-state index is 6.09. The summed E-state index contributed by atoms with van der Waals surface area (Å²) in [6.45, 7) is 12.0. The number of fused-ring (bicyclic) bond motifs is 1. The van der Waals surface area contributed by atoms with Gasteiger partial charge in [0.1, 0.15) is 0 Å². The predicted octanol–water partition coefficient (Wildman–Crippen LogP) is 3.52. The molecule has 1 aromatic rings. The number of ether oxygens (including phenoxy) is 1. The molecule has 1 aromatic carbocycles. The van der Waals surface area contributed by atoms with Crippen molar-refractivity contribution in [2.45, 2.75) is 51.0 Å². The zero-order chi connectivity index (χ0) is 19.7. The van der Waals surface area contributed by atoms with E-state index in [1.54, 1.807) is 0 Å². The Morgan fingerprint density at radius 1 is 0.828 bits per heavy atom. The average Bonchev–Trinajstić information content (AvgIpc) is 2.79. The molecule has 0 saturated carbocycles. The molecular weight excluding hydrogens is 358 g/mol. The van der Waals surface area contributed by atoms with Gasteiger partial charge in [-0.15, -0.1) is 0 Å². The number of hydrogen-bond donors (Lipinski definition) is 0. The number of piperidine rings is 2. The van der Waals surface area contributed by atoms with Gasteiger partial charge in [-0.05, 0) is 63.1 Å². The fourth-order valence-corrected chi connectivity index (χ4v) is 5.42. The first kappa shape index (κ1) is 21.3. The van der Waals surface area contributed by atoms with E-state index >= 15 is 0 Å². The van der Waals surface area contributed by atoms with Gasteiger partial charge in [0.15, 0.2) is 0 Å². The van der Waals surface area contributed by atoms with Crippen LogP contribution >= 0.6 is 0 Å². The van der Waals surface area contributed by atoms with E-state index in [2.05, 4.69) is 45.0 Å². The highest BCUT2D eigenvalue weighted by Gasteiger charge is 2.32. The number of likely N-dealkylation sites (tertiary alicyclic amines) is 1. The lowest BCUT2D eigenvalue weighted by Crippen LogP contribution is -2.57. The van der Waals surface area contributed by atoms with Gasteiger partial charge >= 0.3 is 0 Å². The second-order valence-corrected chi connectivity index (χ2v) is 9.46. The molecule has 0 spiro atoms. The van der Waals surface area contributed by atoms with Gasteiger partial charge in [0.2, 0.25) is 0 Å². The lowest BCUT2D eigenvalue weighted by Gasteiger charge is -2.46. The first-order valence-electron chi connectivity index (χ1n) is 12.2. The Hall–Kier alpha value is -0.940. The highest BCUT2D eigenvalue weighted by molar-refractivity contribution is 5.14. The Morgan fingerprint density at radius 3 is 2.55 bits per heavy atom. The van der Waals surface area contributed by atoms with Crippen LogP contribution < -0.4 is 0 Å². The largest absolute Gasteiger partial charge is 0.381 e. The summed E-state index contributed by atoms with van der Waals surface area (Å²) in [6, 6.07) is 11.7. The molecule has 2 atom stereocenters. The van der Waals surface area contributed by atoms with E-state index in [0.717, 1.165) is 25.2 Å². The molecule has 0 amide bonds. The van der Waals surface area contributed by atoms with Crippen molar-refractivity contribution in [3.63, 3.8) is 0 Å². The summed E-state index contributed by atoms with van der Waals surface area (Å²) in [4.78, 5) is 8.06. The average molecular weight is 400 g/mol. The van der Waals surface area contributed by atoms with Gasteiger partial charge in [0, 0.05) is 51.9 Å². The standard InChI is InChI=1S/C25H41N3O/c1-3-8-23(9-4-1)12-16-27-17-18-28-20-24(10-11-25(28)21-27)22-29-19-7-15-26-13-5-2-6-14-26/h1,3-4,8-9,24-25H,2,5-7,10-22H2/t24-,25+/m1/s1. The number of benzene rings is 1. The van der Waals surface area contributed by atoms with Crippen molar-refractivity contribution in [3.8, 4) is 0 Å². The van der Waals surface area contributed by atoms with Gasteiger partial charge in [0.25, 0.3) is 0 Å². The van der Waals surface area contributed by atoms with Gasteiger partial charge in [0.05, 0.1) is 6.61 Å². The first-order chi connectivity index (χ1) is 14.4. The Balaban J connectivity index is 1.08. The lowest BCUT2D eigenvalue weighted by molar-refractivity contribution is -0.000957. The minimum Gasteiger partial charge on any atom is -0.381 e. The Kier molecular flexibility index (Phi) is 8.41. The molecule has 0 radical (unpaired) electrons. The molecule has 4 heteroatoms. The van der Waals surface area contributed by atoms with Crippen molar-refractivity contribution < 1.29 is 4.74 Å². The van der Waals surface area contributed by atoms with Gasteiger partial charge in [-0.1, -0.05) is 36.8 Å². The third kappa shape index (κ3) is 6.78. The van der Waals surface area contributed by atoms with Crippen LogP contribution in [0.5, 0.6) is 0 Å². The molecule has 0 N–H and O–H groups in total. The fourth-order valence-electron chi connectivity index (χ4n) is 5.42. The van der Waals surface area contributed by atoms with Gasteiger partial charge in [-0.25, -0.2) is 0 Å². The Bertz CT molecular complexity index is 575. The molecule has 3 aliphatic heterocycles. The SMILES string of the molecule is c1ccc(CCN2CCN3C[C@H](COCCCN4CCCCC4)CC[C@H]3C2)cc1. The lowest BCUT2D eigenvalue weighted by atomic mass is 9.91. The van der Waals surface area contributed by atoms with Crippen LogP contribution in [0.25, 0.3) is 0 Å². The number of piperazine rings is 1. The third-order valence-corrected chi connectivity index (χ3v) is 7.21. The van der Waals surface area contributed by atoms with E-state index in [4.69, 9.17) is 4.74 Å². The van der Waals surface area contributed by atoms with Crippen molar-refractivity contribution in [3.05, 3.63) is 35.9 Å². The van der Waals surface area contributed by atoms with Crippen LogP contribution in [0, 0.1) is 5.92 Å². The van der Waals surface area contributed by atoms with Gasteiger partial charge in [-0.2, -0.15) is 0 Å². The Morgan fingerprint density at radius 2 is 1.69 bits per heavy atom. The molecule has 4 rings (SSSR count). The third-order valence-electron chi connectivity index (χ3n) is 7.21. The van der Waals surface area contributed by atoms with Gasteiger partial charge < -0.3 is 14.5 Å².